The maximum absolute atomic E-state index is 12.5. The zero-order valence-corrected chi connectivity index (χ0v) is 10.5. The van der Waals surface area contributed by atoms with Gasteiger partial charge >= 0.3 is 6.18 Å². The summed E-state index contributed by atoms with van der Waals surface area (Å²) in [5, 5.41) is 8.54. The third-order valence-electron chi connectivity index (χ3n) is 2.64. The van der Waals surface area contributed by atoms with Gasteiger partial charge in [-0.1, -0.05) is 20.8 Å². The number of nitrogens with zero attached hydrogens (tertiary/aromatic N) is 2. The number of halogens is 3. The quantitative estimate of drug-likeness (QED) is 0.785. The largest absolute Gasteiger partial charge is 0.405 e. The molecule has 0 saturated heterocycles. The zero-order valence-electron chi connectivity index (χ0n) is 10.5. The van der Waals surface area contributed by atoms with Crippen molar-refractivity contribution < 1.29 is 13.2 Å². The minimum atomic E-state index is -4.46. The van der Waals surface area contributed by atoms with E-state index >= 15 is 0 Å². The normalized spacial score (nSPS) is 14.8. The maximum Gasteiger partial charge on any atom is 0.405 e. The van der Waals surface area contributed by atoms with Crippen LogP contribution in [-0.2, 0) is 0 Å². The Labute approximate surface area is 100 Å². The van der Waals surface area contributed by atoms with Crippen LogP contribution in [-0.4, -0.2) is 37.3 Å². The Bertz CT molecular complexity index is 268. The van der Waals surface area contributed by atoms with Crippen molar-refractivity contribution in [1.82, 2.24) is 4.90 Å². The molecule has 1 atom stereocenters. The van der Waals surface area contributed by atoms with Crippen LogP contribution in [0.5, 0.6) is 0 Å². The Kier molecular flexibility index (Phi) is 5.93. The van der Waals surface area contributed by atoms with Gasteiger partial charge in [0.25, 0.3) is 0 Å². The molecule has 0 aliphatic carbocycles. The van der Waals surface area contributed by atoms with Crippen molar-refractivity contribution >= 4 is 0 Å². The van der Waals surface area contributed by atoms with Crippen molar-refractivity contribution in [2.24, 2.45) is 17.1 Å². The maximum atomic E-state index is 12.5. The Morgan fingerprint density at radius 1 is 1.35 bits per heavy atom. The highest BCUT2D eigenvalue weighted by atomic mass is 19.4. The first kappa shape index (κ1) is 16.2. The molecule has 2 N–H and O–H groups in total. The highest BCUT2D eigenvalue weighted by molar-refractivity contribution is 4.91. The van der Waals surface area contributed by atoms with Crippen molar-refractivity contribution in [3.63, 3.8) is 0 Å². The van der Waals surface area contributed by atoms with Gasteiger partial charge in [-0.25, -0.2) is 0 Å². The van der Waals surface area contributed by atoms with Crippen LogP contribution in [0, 0.1) is 22.7 Å². The lowest BCUT2D eigenvalue weighted by Crippen LogP contribution is -2.43. The zero-order chi connectivity index (χ0) is 13.7. The van der Waals surface area contributed by atoms with Gasteiger partial charge in [-0.2, -0.15) is 18.4 Å². The number of hydrogen-bond donors (Lipinski definition) is 1. The van der Waals surface area contributed by atoms with Gasteiger partial charge in [0.05, 0.1) is 6.07 Å². The summed E-state index contributed by atoms with van der Waals surface area (Å²) < 4.78 is 37.4. The van der Waals surface area contributed by atoms with Crippen LogP contribution in [0.25, 0.3) is 0 Å². The topological polar surface area (TPSA) is 53.0 Å². The molecule has 0 amide bonds. The smallest absolute Gasteiger partial charge is 0.330 e. The van der Waals surface area contributed by atoms with Crippen LogP contribution in [0.4, 0.5) is 13.2 Å². The molecule has 0 saturated carbocycles. The number of rotatable bonds is 6. The number of nitrogens with two attached hydrogens (primary N) is 1. The van der Waals surface area contributed by atoms with E-state index in [0.29, 0.717) is 19.6 Å². The molecule has 100 valence electrons. The van der Waals surface area contributed by atoms with Crippen LogP contribution in [0.2, 0.25) is 0 Å². The second-order valence-corrected chi connectivity index (χ2v) is 4.92. The summed E-state index contributed by atoms with van der Waals surface area (Å²) in [6, 6.07) is 1.31. The first-order valence-corrected chi connectivity index (χ1v) is 5.55. The van der Waals surface area contributed by atoms with Crippen molar-refractivity contribution in [2.45, 2.75) is 26.9 Å². The Morgan fingerprint density at radius 3 is 2.18 bits per heavy atom. The summed E-state index contributed by atoms with van der Waals surface area (Å²) in [7, 11) is 0. The molecular weight excluding hydrogens is 231 g/mol. The van der Waals surface area contributed by atoms with Gasteiger partial charge in [-0.3, -0.25) is 0 Å². The van der Waals surface area contributed by atoms with E-state index in [2.05, 4.69) is 0 Å². The monoisotopic (exact) mass is 251 g/mol. The second-order valence-electron chi connectivity index (χ2n) is 4.92. The van der Waals surface area contributed by atoms with Gasteiger partial charge < -0.3 is 10.6 Å². The van der Waals surface area contributed by atoms with E-state index in [1.807, 2.05) is 13.8 Å². The average molecular weight is 251 g/mol. The standard InChI is InChI=1S/C11H20F3N3/c1-4-17(8-10(2,3)7-16)6-9(5-15)11(12,13)14/h9H,4,6-8,16H2,1-3H3. The lowest BCUT2D eigenvalue weighted by atomic mass is 9.92. The van der Waals surface area contributed by atoms with E-state index in [9.17, 15) is 13.2 Å². The summed E-state index contributed by atoms with van der Waals surface area (Å²) in [5.41, 5.74) is 5.30. The molecule has 0 spiro atoms. The fourth-order valence-corrected chi connectivity index (χ4v) is 1.45. The number of hydrogen-bond acceptors (Lipinski definition) is 3. The minimum Gasteiger partial charge on any atom is -0.330 e. The van der Waals surface area contributed by atoms with Crippen LogP contribution < -0.4 is 5.73 Å². The van der Waals surface area contributed by atoms with Crippen LogP contribution in [0.1, 0.15) is 20.8 Å². The van der Waals surface area contributed by atoms with Gasteiger partial charge in [-0.15, -0.1) is 0 Å². The molecular formula is C11H20F3N3. The molecule has 0 heterocycles. The number of alkyl halides is 3. The third kappa shape index (κ3) is 5.89. The second kappa shape index (κ2) is 6.22. The van der Waals surface area contributed by atoms with Gasteiger partial charge in [0, 0.05) is 13.1 Å². The molecule has 0 aromatic heterocycles. The van der Waals surface area contributed by atoms with E-state index in [1.165, 1.54) is 6.07 Å². The molecule has 0 rings (SSSR count). The van der Waals surface area contributed by atoms with Gasteiger partial charge in [-0.05, 0) is 18.5 Å². The minimum absolute atomic E-state index is 0.248. The molecule has 0 fully saturated rings. The molecule has 0 aliphatic rings. The first-order valence-electron chi connectivity index (χ1n) is 5.55. The van der Waals surface area contributed by atoms with Crippen LogP contribution in [0.3, 0.4) is 0 Å². The number of nitriles is 1. The van der Waals surface area contributed by atoms with Crippen molar-refractivity contribution in [1.29, 1.82) is 5.26 Å². The highest BCUT2D eigenvalue weighted by Crippen LogP contribution is 2.27. The molecule has 17 heavy (non-hydrogen) atoms. The SMILES string of the molecule is CCN(CC(C#N)C(F)(F)F)CC(C)(C)CN. The molecule has 1 unspecified atom stereocenters. The molecule has 6 heteroatoms. The summed E-state index contributed by atoms with van der Waals surface area (Å²) in [4.78, 5) is 1.62. The molecule has 3 nitrogen and oxygen atoms in total. The van der Waals surface area contributed by atoms with Crippen LogP contribution >= 0.6 is 0 Å². The predicted octanol–water partition coefficient (Wildman–Crippen LogP) is 2.00. The van der Waals surface area contributed by atoms with E-state index in [1.54, 1.807) is 11.8 Å². The molecule has 0 radical (unpaired) electrons. The van der Waals surface area contributed by atoms with Gasteiger partial charge in [0.1, 0.15) is 0 Å². The average Bonchev–Trinajstić information content (AvgIpc) is 2.22. The van der Waals surface area contributed by atoms with Gasteiger partial charge in [0.15, 0.2) is 5.92 Å². The summed E-state index contributed by atoms with van der Waals surface area (Å²) in [6.45, 7) is 6.59. The first-order chi connectivity index (χ1) is 7.66. The fourth-order valence-electron chi connectivity index (χ4n) is 1.45. The van der Waals surface area contributed by atoms with E-state index in [4.69, 9.17) is 11.0 Å². The van der Waals surface area contributed by atoms with Crippen molar-refractivity contribution in [2.75, 3.05) is 26.2 Å². The molecule has 0 aromatic rings. The third-order valence-corrected chi connectivity index (χ3v) is 2.64. The summed E-state index contributed by atoms with van der Waals surface area (Å²) in [6.07, 6.45) is -4.46. The molecule has 0 aliphatic heterocycles. The predicted molar refractivity (Wildman–Crippen MR) is 60.1 cm³/mol. The van der Waals surface area contributed by atoms with Crippen LogP contribution in [0.15, 0.2) is 0 Å². The van der Waals surface area contributed by atoms with E-state index in [0.717, 1.165) is 0 Å². The van der Waals surface area contributed by atoms with Crippen molar-refractivity contribution in [3.05, 3.63) is 0 Å². The van der Waals surface area contributed by atoms with E-state index < -0.39 is 12.1 Å². The fraction of sp³-hybridized carbons (Fsp3) is 0.909. The summed E-state index contributed by atoms with van der Waals surface area (Å²) >= 11 is 0. The Morgan fingerprint density at radius 2 is 1.88 bits per heavy atom. The lowest BCUT2D eigenvalue weighted by molar-refractivity contribution is -0.163. The van der Waals surface area contributed by atoms with Gasteiger partial charge in [0.2, 0.25) is 0 Å². The Hall–Kier alpha value is -0.800. The van der Waals surface area contributed by atoms with Crippen molar-refractivity contribution in [3.8, 4) is 6.07 Å². The molecule has 0 bridgehead atoms. The highest BCUT2D eigenvalue weighted by Gasteiger charge is 2.41. The lowest BCUT2D eigenvalue weighted by Gasteiger charge is -2.32. The van der Waals surface area contributed by atoms with E-state index in [-0.39, 0.29) is 12.0 Å². The Balaban J connectivity index is 4.56. The summed E-state index contributed by atoms with van der Waals surface area (Å²) in [5.74, 6) is -1.93. The molecule has 0 aromatic carbocycles.